The number of aliphatic carboxylic acids is 1. The fourth-order valence-corrected chi connectivity index (χ4v) is 2.46. The Morgan fingerprint density at radius 1 is 1.39 bits per heavy atom. The molecule has 2 rings (SSSR count). The minimum atomic E-state index is -0.776. The third-order valence-corrected chi connectivity index (χ3v) is 3.40. The summed E-state index contributed by atoms with van der Waals surface area (Å²) in [5.74, 6) is 0.00947. The number of nitrogens with one attached hydrogen (secondary N) is 1. The summed E-state index contributed by atoms with van der Waals surface area (Å²) in [6.07, 6.45) is 1.86. The van der Waals surface area contributed by atoms with Gasteiger partial charge < -0.3 is 14.8 Å². The molecule has 0 aliphatic heterocycles. The number of carbonyl (C=O) groups excluding carboxylic acids is 1. The molecular weight excluding hydrogens is 234 g/mol. The molecule has 1 aliphatic rings. The van der Waals surface area contributed by atoms with E-state index in [9.17, 15) is 9.59 Å². The van der Waals surface area contributed by atoms with Crippen molar-refractivity contribution in [3.63, 3.8) is 0 Å². The first-order valence-electron chi connectivity index (χ1n) is 6.08. The summed E-state index contributed by atoms with van der Waals surface area (Å²) >= 11 is 0. The third-order valence-electron chi connectivity index (χ3n) is 3.40. The van der Waals surface area contributed by atoms with Crippen molar-refractivity contribution in [2.75, 3.05) is 0 Å². The molecule has 5 nitrogen and oxygen atoms in total. The van der Waals surface area contributed by atoms with Crippen molar-refractivity contribution < 1.29 is 19.1 Å². The highest BCUT2D eigenvalue weighted by Crippen LogP contribution is 2.26. The van der Waals surface area contributed by atoms with E-state index < -0.39 is 5.97 Å². The lowest BCUT2D eigenvalue weighted by molar-refractivity contribution is -0.141. The molecule has 2 N–H and O–H groups in total. The van der Waals surface area contributed by atoms with Gasteiger partial charge in [-0.1, -0.05) is 0 Å². The maximum absolute atomic E-state index is 12.0. The SMILES string of the molecule is Cc1cc(C(=O)N[C@@H]2CC[C@@H](C(=O)O)C2)c(C)o1. The Hall–Kier alpha value is -1.78. The van der Waals surface area contributed by atoms with E-state index in [1.807, 2.05) is 0 Å². The maximum Gasteiger partial charge on any atom is 0.306 e. The highest BCUT2D eigenvalue weighted by Gasteiger charge is 2.31. The zero-order valence-electron chi connectivity index (χ0n) is 10.5. The molecule has 0 spiro atoms. The highest BCUT2D eigenvalue weighted by molar-refractivity contribution is 5.95. The van der Waals surface area contributed by atoms with Crippen LogP contribution >= 0.6 is 0 Å². The van der Waals surface area contributed by atoms with Gasteiger partial charge in [-0.2, -0.15) is 0 Å². The number of furan rings is 1. The Labute approximate surface area is 105 Å². The molecule has 5 heteroatoms. The summed E-state index contributed by atoms with van der Waals surface area (Å²) in [4.78, 5) is 22.8. The molecule has 0 bridgehead atoms. The van der Waals surface area contributed by atoms with Gasteiger partial charge in [-0.15, -0.1) is 0 Å². The number of carbonyl (C=O) groups is 2. The van der Waals surface area contributed by atoms with Gasteiger partial charge in [0.1, 0.15) is 11.5 Å². The second-order valence-electron chi connectivity index (χ2n) is 4.85. The summed E-state index contributed by atoms with van der Waals surface area (Å²) in [6.45, 7) is 3.54. The smallest absolute Gasteiger partial charge is 0.306 e. The maximum atomic E-state index is 12.0. The number of aryl methyl sites for hydroxylation is 2. The second kappa shape index (κ2) is 4.84. The Balaban J connectivity index is 1.97. The summed E-state index contributed by atoms with van der Waals surface area (Å²) in [5.41, 5.74) is 0.534. The average Bonchev–Trinajstić information content (AvgIpc) is 2.85. The first-order valence-corrected chi connectivity index (χ1v) is 6.08. The van der Waals surface area contributed by atoms with Crippen molar-refractivity contribution in [2.45, 2.75) is 39.2 Å². The van der Waals surface area contributed by atoms with Gasteiger partial charge in [0.2, 0.25) is 0 Å². The van der Waals surface area contributed by atoms with Crippen molar-refractivity contribution in [1.29, 1.82) is 0 Å². The van der Waals surface area contributed by atoms with Crippen LogP contribution in [0.25, 0.3) is 0 Å². The van der Waals surface area contributed by atoms with E-state index in [2.05, 4.69) is 5.32 Å². The Morgan fingerprint density at radius 2 is 2.11 bits per heavy atom. The van der Waals surface area contributed by atoms with E-state index in [-0.39, 0.29) is 17.9 Å². The minimum absolute atomic E-state index is 0.0480. The molecule has 2 atom stereocenters. The molecule has 0 aromatic carbocycles. The highest BCUT2D eigenvalue weighted by atomic mass is 16.4. The summed E-state index contributed by atoms with van der Waals surface area (Å²) in [5, 5.41) is 11.8. The number of amides is 1. The van der Waals surface area contributed by atoms with Crippen LogP contribution in [0.15, 0.2) is 10.5 Å². The monoisotopic (exact) mass is 251 g/mol. The minimum Gasteiger partial charge on any atom is -0.481 e. The van der Waals surface area contributed by atoms with Crippen molar-refractivity contribution >= 4 is 11.9 Å². The van der Waals surface area contributed by atoms with Crippen LogP contribution in [0.1, 0.15) is 41.1 Å². The lowest BCUT2D eigenvalue weighted by atomic mass is 10.1. The molecule has 1 saturated carbocycles. The second-order valence-corrected chi connectivity index (χ2v) is 4.85. The van der Waals surface area contributed by atoms with Crippen LogP contribution in [-0.2, 0) is 4.79 Å². The zero-order valence-corrected chi connectivity index (χ0v) is 10.5. The van der Waals surface area contributed by atoms with Crippen LogP contribution in [0.2, 0.25) is 0 Å². The molecule has 1 aromatic rings. The largest absolute Gasteiger partial charge is 0.481 e. The molecule has 1 aromatic heterocycles. The van der Waals surface area contributed by atoms with Gasteiger partial charge in [0.15, 0.2) is 0 Å². The number of hydrogen-bond donors (Lipinski definition) is 2. The van der Waals surface area contributed by atoms with Crippen LogP contribution in [-0.4, -0.2) is 23.0 Å². The standard InChI is InChI=1S/C13H17NO4/c1-7-5-11(8(2)18-7)12(15)14-10-4-3-9(6-10)13(16)17/h5,9-10H,3-4,6H2,1-2H3,(H,14,15)(H,16,17)/t9-,10-/m1/s1. The molecule has 1 aliphatic carbocycles. The molecule has 1 amide bonds. The number of carboxylic acid groups (broad SMARTS) is 1. The van der Waals surface area contributed by atoms with Crippen molar-refractivity contribution in [1.82, 2.24) is 5.32 Å². The van der Waals surface area contributed by atoms with E-state index in [1.54, 1.807) is 19.9 Å². The van der Waals surface area contributed by atoms with Crippen LogP contribution in [0, 0.1) is 19.8 Å². The Kier molecular flexibility index (Phi) is 3.41. The van der Waals surface area contributed by atoms with Gasteiger partial charge in [0, 0.05) is 6.04 Å². The van der Waals surface area contributed by atoms with Crippen molar-refractivity contribution in [2.24, 2.45) is 5.92 Å². The summed E-state index contributed by atoms with van der Waals surface area (Å²) in [7, 11) is 0. The topological polar surface area (TPSA) is 79.5 Å². The Morgan fingerprint density at radius 3 is 2.61 bits per heavy atom. The quantitative estimate of drug-likeness (QED) is 0.859. The summed E-state index contributed by atoms with van der Waals surface area (Å²) in [6, 6.07) is 1.65. The molecule has 1 fully saturated rings. The number of hydrogen-bond acceptors (Lipinski definition) is 3. The van der Waals surface area contributed by atoms with Crippen LogP contribution in [0.5, 0.6) is 0 Å². The molecule has 18 heavy (non-hydrogen) atoms. The molecule has 1 heterocycles. The molecular formula is C13H17NO4. The van der Waals surface area contributed by atoms with Crippen molar-refractivity contribution in [3.8, 4) is 0 Å². The zero-order chi connectivity index (χ0) is 13.3. The van der Waals surface area contributed by atoms with Crippen LogP contribution in [0.3, 0.4) is 0 Å². The average molecular weight is 251 g/mol. The fourth-order valence-electron chi connectivity index (χ4n) is 2.46. The van der Waals surface area contributed by atoms with Gasteiger partial charge in [0.25, 0.3) is 5.91 Å². The molecule has 0 saturated heterocycles. The predicted molar refractivity (Wildman–Crippen MR) is 64.4 cm³/mol. The first kappa shape index (κ1) is 12.7. The van der Waals surface area contributed by atoms with Gasteiger partial charge in [0.05, 0.1) is 11.5 Å². The van der Waals surface area contributed by atoms with Gasteiger partial charge in [-0.25, -0.2) is 0 Å². The predicted octanol–water partition coefficient (Wildman–Crippen LogP) is 1.88. The van der Waals surface area contributed by atoms with E-state index >= 15 is 0 Å². The first-order chi connectivity index (χ1) is 8.47. The molecule has 0 unspecified atom stereocenters. The molecule has 0 radical (unpaired) electrons. The van der Waals surface area contributed by atoms with E-state index in [0.717, 1.165) is 6.42 Å². The number of rotatable bonds is 3. The number of carboxylic acids is 1. The normalized spacial score (nSPS) is 23.0. The third kappa shape index (κ3) is 2.55. The Bertz CT molecular complexity index is 477. The molecule has 98 valence electrons. The van der Waals surface area contributed by atoms with E-state index in [1.165, 1.54) is 0 Å². The van der Waals surface area contributed by atoms with E-state index in [0.29, 0.717) is 29.9 Å². The van der Waals surface area contributed by atoms with Gasteiger partial charge >= 0.3 is 5.97 Å². The van der Waals surface area contributed by atoms with Gasteiger partial charge in [-0.3, -0.25) is 9.59 Å². The lowest BCUT2D eigenvalue weighted by Crippen LogP contribution is -2.33. The fraction of sp³-hybridized carbons (Fsp3) is 0.538. The van der Waals surface area contributed by atoms with Gasteiger partial charge in [-0.05, 0) is 39.2 Å². The summed E-state index contributed by atoms with van der Waals surface area (Å²) < 4.78 is 5.30. The van der Waals surface area contributed by atoms with Crippen molar-refractivity contribution in [3.05, 3.63) is 23.2 Å². The van der Waals surface area contributed by atoms with Crippen LogP contribution < -0.4 is 5.32 Å². The van der Waals surface area contributed by atoms with E-state index in [4.69, 9.17) is 9.52 Å². The lowest BCUT2D eigenvalue weighted by Gasteiger charge is -2.11. The van der Waals surface area contributed by atoms with Crippen LogP contribution in [0.4, 0.5) is 0 Å².